The Morgan fingerprint density at radius 1 is 0.952 bits per heavy atom. The van der Waals surface area contributed by atoms with Crippen molar-refractivity contribution in [3.05, 3.63) is 64.4 Å². The number of benzene rings is 2. The molecule has 3 nitrogen and oxygen atoms in total. The summed E-state index contributed by atoms with van der Waals surface area (Å²) >= 11 is 0. The molecule has 0 spiro atoms. The molecule has 0 radical (unpaired) electrons. The lowest BCUT2D eigenvalue weighted by Crippen LogP contribution is -2.15. The largest absolute Gasteiger partial charge is 0.306 e. The predicted octanol–water partition coefficient (Wildman–Crippen LogP) is 3.89. The molecule has 1 N–H and O–H groups in total. The number of hydrogen-bond acceptors (Lipinski definition) is 2. The first kappa shape index (κ1) is 13.6. The van der Waals surface area contributed by atoms with Crippen molar-refractivity contribution in [2.75, 3.05) is 0 Å². The Balaban J connectivity index is 2.29. The molecule has 0 fully saturated rings. The Labute approximate surface area is 123 Å². The molecule has 0 aliphatic heterocycles. The fraction of sp³-hybridized carbons (Fsp3) is 0.222. The van der Waals surface area contributed by atoms with Gasteiger partial charge in [-0.1, -0.05) is 57.2 Å². The number of nitrogens with one attached hydrogen (secondary N) is 1. The van der Waals surface area contributed by atoms with Gasteiger partial charge in [0.1, 0.15) is 5.82 Å². The summed E-state index contributed by atoms with van der Waals surface area (Å²) < 4.78 is 0. The molecule has 3 heteroatoms. The molecular formula is C18H18N2O. The number of fused-ring (bicyclic) bond motifs is 1. The maximum atomic E-state index is 12.2. The number of aromatic nitrogens is 2. The maximum Gasteiger partial charge on any atom is 0.259 e. The van der Waals surface area contributed by atoms with E-state index in [4.69, 9.17) is 0 Å². The normalized spacial score (nSPS) is 11.8. The van der Waals surface area contributed by atoms with Crippen molar-refractivity contribution < 1.29 is 0 Å². The van der Waals surface area contributed by atoms with Crippen LogP contribution in [0.15, 0.2) is 53.3 Å². The van der Waals surface area contributed by atoms with Crippen LogP contribution in [-0.2, 0) is 5.41 Å². The van der Waals surface area contributed by atoms with E-state index in [1.807, 2.05) is 36.4 Å². The van der Waals surface area contributed by atoms with Crippen molar-refractivity contribution in [3.8, 4) is 11.4 Å². The summed E-state index contributed by atoms with van der Waals surface area (Å²) in [5.74, 6) is 0.629. The van der Waals surface area contributed by atoms with Gasteiger partial charge in [0.05, 0.1) is 10.9 Å². The van der Waals surface area contributed by atoms with Crippen LogP contribution in [0.2, 0.25) is 0 Å². The zero-order valence-corrected chi connectivity index (χ0v) is 12.5. The zero-order valence-electron chi connectivity index (χ0n) is 12.5. The monoisotopic (exact) mass is 278 g/mol. The molecule has 0 unspecified atom stereocenters. The molecule has 3 aromatic rings. The van der Waals surface area contributed by atoms with E-state index < -0.39 is 0 Å². The van der Waals surface area contributed by atoms with Gasteiger partial charge in [0.25, 0.3) is 5.56 Å². The SMILES string of the molecule is CC(C)(C)c1ccccc1-c1nc2ccccc2c(=O)[nH]1. The highest BCUT2D eigenvalue weighted by Gasteiger charge is 2.19. The second-order valence-corrected chi connectivity index (χ2v) is 6.23. The minimum absolute atomic E-state index is 0.0131. The van der Waals surface area contributed by atoms with Crippen LogP contribution in [0.1, 0.15) is 26.3 Å². The van der Waals surface area contributed by atoms with Crippen LogP contribution in [0, 0.1) is 0 Å². The summed E-state index contributed by atoms with van der Waals surface area (Å²) in [6.45, 7) is 6.47. The molecule has 1 aromatic heterocycles. The van der Waals surface area contributed by atoms with Crippen LogP contribution in [0.25, 0.3) is 22.3 Å². The van der Waals surface area contributed by atoms with Gasteiger partial charge >= 0.3 is 0 Å². The first-order chi connectivity index (χ1) is 9.97. The molecule has 3 rings (SSSR count). The van der Waals surface area contributed by atoms with E-state index in [0.717, 1.165) is 11.1 Å². The van der Waals surface area contributed by atoms with Crippen LogP contribution in [0.3, 0.4) is 0 Å². The molecular weight excluding hydrogens is 260 g/mol. The lowest BCUT2D eigenvalue weighted by molar-refractivity contribution is 0.591. The Morgan fingerprint density at radius 2 is 1.62 bits per heavy atom. The average molecular weight is 278 g/mol. The van der Waals surface area contributed by atoms with Crippen LogP contribution < -0.4 is 5.56 Å². The van der Waals surface area contributed by atoms with Crippen molar-refractivity contribution >= 4 is 10.9 Å². The van der Waals surface area contributed by atoms with E-state index in [1.54, 1.807) is 6.07 Å². The second kappa shape index (κ2) is 4.85. The van der Waals surface area contributed by atoms with Crippen molar-refractivity contribution in [2.45, 2.75) is 26.2 Å². The van der Waals surface area contributed by atoms with Gasteiger partial charge in [-0.15, -0.1) is 0 Å². The van der Waals surface area contributed by atoms with E-state index in [0.29, 0.717) is 11.2 Å². The Hall–Kier alpha value is -2.42. The third-order valence-electron chi connectivity index (χ3n) is 3.60. The maximum absolute atomic E-state index is 12.2. The third kappa shape index (κ3) is 2.47. The van der Waals surface area contributed by atoms with Gasteiger partial charge in [0.2, 0.25) is 0 Å². The molecule has 0 bridgehead atoms. The van der Waals surface area contributed by atoms with E-state index in [9.17, 15) is 4.79 Å². The third-order valence-corrected chi connectivity index (χ3v) is 3.60. The second-order valence-electron chi connectivity index (χ2n) is 6.23. The van der Waals surface area contributed by atoms with Crippen LogP contribution in [0.4, 0.5) is 0 Å². The van der Waals surface area contributed by atoms with Crippen LogP contribution in [-0.4, -0.2) is 9.97 Å². The quantitative estimate of drug-likeness (QED) is 0.734. The number of hydrogen-bond donors (Lipinski definition) is 1. The Bertz CT molecular complexity index is 857. The minimum atomic E-state index is -0.0979. The number of para-hydroxylation sites is 1. The molecule has 0 aliphatic rings. The number of rotatable bonds is 1. The van der Waals surface area contributed by atoms with Crippen molar-refractivity contribution in [2.24, 2.45) is 0 Å². The first-order valence-corrected chi connectivity index (χ1v) is 7.06. The van der Waals surface area contributed by atoms with Gasteiger partial charge in [-0.3, -0.25) is 4.79 Å². The van der Waals surface area contributed by atoms with Crippen LogP contribution >= 0.6 is 0 Å². The molecule has 0 amide bonds. The Kier molecular flexibility index (Phi) is 3.13. The van der Waals surface area contributed by atoms with Gasteiger partial charge in [-0.05, 0) is 23.1 Å². The molecule has 0 saturated heterocycles. The average Bonchev–Trinajstić information content (AvgIpc) is 2.46. The van der Waals surface area contributed by atoms with E-state index in [-0.39, 0.29) is 11.0 Å². The molecule has 0 saturated carbocycles. The predicted molar refractivity (Wildman–Crippen MR) is 86.5 cm³/mol. The zero-order chi connectivity index (χ0) is 15.0. The fourth-order valence-corrected chi connectivity index (χ4v) is 2.56. The number of aromatic amines is 1. The summed E-state index contributed by atoms with van der Waals surface area (Å²) in [4.78, 5) is 19.8. The van der Waals surface area contributed by atoms with Crippen molar-refractivity contribution in [1.82, 2.24) is 9.97 Å². The fourth-order valence-electron chi connectivity index (χ4n) is 2.56. The molecule has 0 atom stereocenters. The Morgan fingerprint density at radius 3 is 2.38 bits per heavy atom. The number of nitrogens with zero attached hydrogens (tertiary/aromatic N) is 1. The highest BCUT2D eigenvalue weighted by atomic mass is 16.1. The van der Waals surface area contributed by atoms with E-state index in [2.05, 4.69) is 36.8 Å². The minimum Gasteiger partial charge on any atom is -0.306 e. The van der Waals surface area contributed by atoms with E-state index >= 15 is 0 Å². The van der Waals surface area contributed by atoms with Crippen LogP contribution in [0.5, 0.6) is 0 Å². The summed E-state index contributed by atoms with van der Waals surface area (Å²) in [5, 5.41) is 0.620. The molecule has 1 heterocycles. The molecule has 106 valence electrons. The standard InChI is InChI=1S/C18H18N2O/c1-18(2,3)14-10-6-4-8-12(14)16-19-15-11-7-5-9-13(15)17(21)20-16/h4-11H,1-3H3,(H,19,20,21). The molecule has 0 aliphatic carbocycles. The highest BCUT2D eigenvalue weighted by Crippen LogP contribution is 2.31. The highest BCUT2D eigenvalue weighted by molar-refractivity contribution is 5.79. The summed E-state index contributed by atoms with van der Waals surface area (Å²) in [6, 6.07) is 15.5. The smallest absolute Gasteiger partial charge is 0.259 e. The summed E-state index contributed by atoms with van der Waals surface area (Å²) in [6.07, 6.45) is 0. The van der Waals surface area contributed by atoms with Gasteiger partial charge in [0, 0.05) is 5.56 Å². The lowest BCUT2D eigenvalue weighted by Gasteiger charge is -2.22. The topological polar surface area (TPSA) is 45.8 Å². The van der Waals surface area contributed by atoms with Gasteiger partial charge < -0.3 is 4.98 Å². The van der Waals surface area contributed by atoms with E-state index in [1.165, 1.54) is 5.56 Å². The van der Waals surface area contributed by atoms with Gasteiger partial charge in [0.15, 0.2) is 0 Å². The summed E-state index contributed by atoms with van der Waals surface area (Å²) in [7, 11) is 0. The van der Waals surface area contributed by atoms with Crippen molar-refractivity contribution in [1.29, 1.82) is 0 Å². The summed E-state index contributed by atoms with van der Waals surface area (Å²) in [5.41, 5.74) is 2.76. The van der Waals surface area contributed by atoms with Gasteiger partial charge in [-0.2, -0.15) is 0 Å². The van der Waals surface area contributed by atoms with Crippen molar-refractivity contribution in [3.63, 3.8) is 0 Å². The van der Waals surface area contributed by atoms with Gasteiger partial charge in [-0.25, -0.2) is 4.98 Å². The molecule has 21 heavy (non-hydrogen) atoms. The lowest BCUT2D eigenvalue weighted by atomic mass is 9.83. The first-order valence-electron chi connectivity index (χ1n) is 7.06. The molecule has 2 aromatic carbocycles. The number of H-pyrrole nitrogens is 1.